The van der Waals surface area contributed by atoms with Gasteiger partial charge in [-0.25, -0.2) is 17.5 Å². The maximum Gasteiger partial charge on any atom is 0.414 e. The van der Waals surface area contributed by atoms with Gasteiger partial charge in [-0.2, -0.15) is 0 Å². The van der Waals surface area contributed by atoms with Crippen molar-refractivity contribution in [1.29, 1.82) is 0 Å². The van der Waals surface area contributed by atoms with Crippen molar-refractivity contribution in [3.63, 3.8) is 0 Å². The third-order valence-electron chi connectivity index (χ3n) is 4.09. The molecule has 0 bridgehead atoms. The molecule has 27 heavy (non-hydrogen) atoms. The molecule has 3 rings (SSSR count). The van der Waals surface area contributed by atoms with Crippen LogP contribution in [0.1, 0.15) is 10.4 Å². The van der Waals surface area contributed by atoms with Gasteiger partial charge in [0.2, 0.25) is 10.0 Å². The van der Waals surface area contributed by atoms with Gasteiger partial charge in [0, 0.05) is 31.0 Å². The van der Waals surface area contributed by atoms with Crippen molar-refractivity contribution in [3.8, 4) is 0 Å². The lowest BCUT2D eigenvalue weighted by molar-refractivity contribution is 0.102. The topological polar surface area (TPSA) is 96.0 Å². The van der Waals surface area contributed by atoms with E-state index in [1.54, 1.807) is 24.3 Å². The number of hydrogen-bond donors (Lipinski definition) is 1. The number of carbonyl (C=O) groups is 2. The molecule has 8 nitrogen and oxygen atoms in total. The van der Waals surface area contributed by atoms with Gasteiger partial charge in [-0.1, -0.05) is 0 Å². The van der Waals surface area contributed by atoms with Gasteiger partial charge in [0.1, 0.15) is 6.61 Å². The molecular formula is C18H19N3O5S. The molecule has 0 aliphatic carbocycles. The Labute approximate surface area is 157 Å². The SMILES string of the molecule is CN(C)S(=O)(=O)c1ccc(C(=O)Nc2ccc(N3CCOC3=O)cc2)cc1. The highest BCUT2D eigenvalue weighted by molar-refractivity contribution is 7.89. The Morgan fingerprint density at radius 3 is 2.22 bits per heavy atom. The molecule has 142 valence electrons. The highest BCUT2D eigenvalue weighted by Gasteiger charge is 2.23. The monoisotopic (exact) mass is 389 g/mol. The second-order valence-corrected chi connectivity index (χ2v) is 8.23. The van der Waals surface area contributed by atoms with E-state index in [-0.39, 0.29) is 16.9 Å². The van der Waals surface area contributed by atoms with Gasteiger partial charge in [0.05, 0.1) is 11.4 Å². The first kappa shape index (κ1) is 18.9. The molecule has 1 aliphatic heterocycles. The molecular weight excluding hydrogens is 370 g/mol. The van der Waals surface area contributed by atoms with Crippen molar-refractivity contribution in [2.24, 2.45) is 0 Å². The Balaban J connectivity index is 1.69. The average Bonchev–Trinajstić information content (AvgIpc) is 3.08. The van der Waals surface area contributed by atoms with Gasteiger partial charge in [-0.3, -0.25) is 9.69 Å². The quantitative estimate of drug-likeness (QED) is 0.845. The van der Waals surface area contributed by atoms with Crippen LogP contribution in [0.15, 0.2) is 53.4 Å². The van der Waals surface area contributed by atoms with Crippen LogP contribution < -0.4 is 10.2 Å². The van der Waals surface area contributed by atoms with E-state index in [0.717, 1.165) is 4.31 Å². The Morgan fingerprint density at radius 2 is 1.70 bits per heavy atom. The number of hydrogen-bond acceptors (Lipinski definition) is 5. The summed E-state index contributed by atoms with van der Waals surface area (Å²) >= 11 is 0. The zero-order valence-corrected chi connectivity index (χ0v) is 15.7. The maximum atomic E-state index is 12.3. The summed E-state index contributed by atoms with van der Waals surface area (Å²) in [5.74, 6) is -0.364. The van der Waals surface area contributed by atoms with Crippen molar-refractivity contribution in [3.05, 3.63) is 54.1 Å². The van der Waals surface area contributed by atoms with Gasteiger partial charge in [-0.15, -0.1) is 0 Å². The molecule has 1 aliphatic rings. The minimum atomic E-state index is -3.54. The average molecular weight is 389 g/mol. The van der Waals surface area contributed by atoms with E-state index in [2.05, 4.69) is 5.32 Å². The minimum Gasteiger partial charge on any atom is -0.447 e. The van der Waals surface area contributed by atoms with Gasteiger partial charge < -0.3 is 10.1 Å². The third-order valence-corrected chi connectivity index (χ3v) is 5.92. The molecule has 0 spiro atoms. The molecule has 1 N–H and O–H groups in total. The molecule has 2 aromatic carbocycles. The largest absolute Gasteiger partial charge is 0.447 e. The van der Waals surface area contributed by atoms with E-state index < -0.39 is 10.0 Å². The lowest BCUT2D eigenvalue weighted by Crippen LogP contribution is -2.23. The summed E-state index contributed by atoms with van der Waals surface area (Å²) in [6.45, 7) is 0.851. The van der Waals surface area contributed by atoms with Crippen LogP contribution in [0.3, 0.4) is 0 Å². The fraction of sp³-hybridized carbons (Fsp3) is 0.222. The smallest absolute Gasteiger partial charge is 0.414 e. The second kappa shape index (κ2) is 7.37. The van der Waals surface area contributed by atoms with Crippen molar-refractivity contribution >= 4 is 33.4 Å². The molecule has 0 radical (unpaired) electrons. The Hall–Kier alpha value is -2.91. The van der Waals surface area contributed by atoms with Crippen molar-refractivity contribution in [2.75, 3.05) is 37.5 Å². The standard InChI is InChI=1S/C18H19N3O5S/c1-20(2)27(24,25)16-9-3-13(4-10-16)17(22)19-14-5-7-15(8-6-14)21-11-12-26-18(21)23/h3-10H,11-12H2,1-2H3,(H,19,22). The lowest BCUT2D eigenvalue weighted by Gasteiger charge is -2.13. The molecule has 1 heterocycles. The molecule has 0 saturated carbocycles. The normalized spacial score (nSPS) is 14.3. The van der Waals surface area contributed by atoms with Gasteiger partial charge in [0.25, 0.3) is 5.91 Å². The number of nitrogens with zero attached hydrogens (tertiary/aromatic N) is 2. The number of benzene rings is 2. The van der Waals surface area contributed by atoms with Crippen LogP contribution in [0, 0.1) is 0 Å². The number of rotatable bonds is 5. The number of nitrogens with one attached hydrogen (secondary N) is 1. The highest BCUT2D eigenvalue weighted by Crippen LogP contribution is 2.21. The van der Waals surface area contributed by atoms with E-state index >= 15 is 0 Å². The predicted octanol–water partition coefficient (Wildman–Crippen LogP) is 2.15. The van der Waals surface area contributed by atoms with Crippen LogP contribution in [-0.4, -0.2) is 52.0 Å². The number of sulfonamides is 1. The Kier molecular flexibility index (Phi) is 5.15. The van der Waals surface area contributed by atoms with Gasteiger partial charge in [0.15, 0.2) is 0 Å². The summed E-state index contributed by atoms with van der Waals surface area (Å²) in [6, 6.07) is 12.5. The van der Waals surface area contributed by atoms with Gasteiger partial charge >= 0.3 is 6.09 Å². The Morgan fingerprint density at radius 1 is 1.07 bits per heavy atom. The first-order valence-electron chi connectivity index (χ1n) is 8.17. The summed E-state index contributed by atoms with van der Waals surface area (Å²) in [7, 11) is -0.645. The van der Waals surface area contributed by atoms with Crippen LogP contribution in [0.5, 0.6) is 0 Å². The summed E-state index contributed by atoms with van der Waals surface area (Å²) in [6.07, 6.45) is -0.389. The summed E-state index contributed by atoms with van der Waals surface area (Å²) in [5, 5.41) is 2.73. The molecule has 9 heteroatoms. The highest BCUT2D eigenvalue weighted by atomic mass is 32.2. The molecule has 0 aromatic heterocycles. The van der Waals surface area contributed by atoms with Crippen LogP contribution in [0.4, 0.5) is 16.2 Å². The van der Waals surface area contributed by atoms with Crippen LogP contribution in [0.2, 0.25) is 0 Å². The van der Waals surface area contributed by atoms with Crippen molar-refractivity contribution in [1.82, 2.24) is 4.31 Å². The number of amides is 2. The zero-order valence-electron chi connectivity index (χ0n) is 14.9. The van der Waals surface area contributed by atoms with E-state index in [1.807, 2.05) is 0 Å². The molecule has 1 fully saturated rings. The fourth-order valence-electron chi connectivity index (χ4n) is 2.55. The van der Waals surface area contributed by atoms with E-state index in [0.29, 0.717) is 30.1 Å². The number of cyclic esters (lactones) is 1. The summed E-state index contributed by atoms with van der Waals surface area (Å²) in [4.78, 5) is 25.5. The summed E-state index contributed by atoms with van der Waals surface area (Å²) < 4.78 is 30.1. The van der Waals surface area contributed by atoms with Crippen LogP contribution in [0.25, 0.3) is 0 Å². The lowest BCUT2D eigenvalue weighted by atomic mass is 10.2. The molecule has 2 aromatic rings. The number of anilines is 2. The predicted molar refractivity (Wildman–Crippen MR) is 100 cm³/mol. The molecule has 1 saturated heterocycles. The van der Waals surface area contributed by atoms with Crippen LogP contribution in [-0.2, 0) is 14.8 Å². The van der Waals surface area contributed by atoms with Gasteiger partial charge in [-0.05, 0) is 48.5 Å². The fourth-order valence-corrected chi connectivity index (χ4v) is 3.45. The van der Waals surface area contributed by atoms with Crippen molar-refractivity contribution < 1.29 is 22.7 Å². The number of carbonyl (C=O) groups excluding carboxylic acids is 2. The molecule has 0 unspecified atom stereocenters. The third kappa shape index (κ3) is 3.93. The molecule has 0 atom stereocenters. The first-order chi connectivity index (χ1) is 12.8. The maximum absolute atomic E-state index is 12.3. The van der Waals surface area contributed by atoms with E-state index in [1.165, 1.54) is 43.3 Å². The zero-order chi connectivity index (χ0) is 19.6. The second-order valence-electron chi connectivity index (χ2n) is 6.08. The molecule has 2 amide bonds. The van der Waals surface area contributed by atoms with Crippen LogP contribution >= 0.6 is 0 Å². The minimum absolute atomic E-state index is 0.117. The Bertz CT molecular complexity index is 953. The van der Waals surface area contributed by atoms with Crippen molar-refractivity contribution in [2.45, 2.75) is 4.90 Å². The van der Waals surface area contributed by atoms with E-state index in [4.69, 9.17) is 4.74 Å². The van der Waals surface area contributed by atoms with E-state index in [9.17, 15) is 18.0 Å². The summed E-state index contributed by atoms with van der Waals surface area (Å²) in [5.41, 5.74) is 1.58. The number of ether oxygens (including phenoxy) is 1. The first-order valence-corrected chi connectivity index (χ1v) is 9.61.